The summed E-state index contributed by atoms with van der Waals surface area (Å²) in [6, 6.07) is 0. The molecular formula is C10H18O3. The molecule has 0 aromatic carbocycles. The fraction of sp³-hybridized carbons (Fsp3) is 1.00. The Bertz CT molecular complexity index is 154. The molecule has 2 atom stereocenters. The molecular weight excluding hydrogens is 168 g/mol. The third-order valence-corrected chi connectivity index (χ3v) is 3.04. The monoisotopic (exact) mass is 186 g/mol. The lowest BCUT2D eigenvalue weighted by Gasteiger charge is -2.32. The summed E-state index contributed by atoms with van der Waals surface area (Å²) in [5, 5.41) is 8.97. The maximum absolute atomic E-state index is 8.97. The summed E-state index contributed by atoms with van der Waals surface area (Å²) in [7, 11) is 0. The zero-order valence-electron chi connectivity index (χ0n) is 7.95. The van der Waals surface area contributed by atoms with Gasteiger partial charge in [-0.15, -0.1) is 0 Å². The van der Waals surface area contributed by atoms with E-state index in [4.69, 9.17) is 14.6 Å². The van der Waals surface area contributed by atoms with Crippen molar-refractivity contribution in [1.82, 2.24) is 0 Å². The maximum atomic E-state index is 8.97. The Kier molecular flexibility index (Phi) is 3.19. The molecule has 0 spiro atoms. The van der Waals surface area contributed by atoms with Gasteiger partial charge >= 0.3 is 0 Å². The van der Waals surface area contributed by atoms with Gasteiger partial charge in [0.2, 0.25) is 0 Å². The Labute approximate surface area is 79.0 Å². The molecule has 3 heteroatoms. The van der Waals surface area contributed by atoms with Gasteiger partial charge in [0.25, 0.3) is 0 Å². The lowest BCUT2D eigenvalue weighted by molar-refractivity contribution is -0.240. The Morgan fingerprint density at radius 2 is 1.92 bits per heavy atom. The minimum absolute atomic E-state index is 0.0133. The van der Waals surface area contributed by atoms with Crippen molar-refractivity contribution in [3.8, 4) is 0 Å². The molecule has 1 saturated carbocycles. The highest BCUT2D eigenvalue weighted by molar-refractivity contribution is 4.74. The topological polar surface area (TPSA) is 38.7 Å². The van der Waals surface area contributed by atoms with Gasteiger partial charge in [-0.05, 0) is 19.3 Å². The van der Waals surface area contributed by atoms with E-state index in [0.29, 0.717) is 5.92 Å². The van der Waals surface area contributed by atoms with E-state index >= 15 is 0 Å². The number of aliphatic hydroxyl groups is 1. The average Bonchev–Trinajstić information content (AvgIpc) is 2.71. The van der Waals surface area contributed by atoms with Crippen LogP contribution in [0.4, 0.5) is 0 Å². The SMILES string of the molecule is OCC1CCOC(C2CCCC2)O1. The number of aliphatic hydroxyl groups excluding tert-OH is 1. The highest BCUT2D eigenvalue weighted by Crippen LogP contribution is 2.32. The van der Waals surface area contributed by atoms with E-state index in [-0.39, 0.29) is 19.0 Å². The third-order valence-electron chi connectivity index (χ3n) is 3.04. The number of ether oxygens (including phenoxy) is 2. The average molecular weight is 186 g/mol. The fourth-order valence-electron chi connectivity index (χ4n) is 2.22. The van der Waals surface area contributed by atoms with Crippen molar-refractivity contribution < 1.29 is 14.6 Å². The van der Waals surface area contributed by atoms with Gasteiger partial charge in [-0.3, -0.25) is 0 Å². The number of hydrogen-bond acceptors (Lipinski definition) is 3. The zero-order chi connectivity index (χ0) is 9.10. The first-order chi connectivity index (χ1) is 6.40. The van der Waals surface area contributed by atoms with Crippen molar-refractivity contribution in [3.05, 3.63) is 0 Å². The molecule has 0 aromatic rings. The van der Waals surface area contributed by atoms with Crippen LogP contribution in [0.3, 0.4) is 0 Å². The molecule has 76 valence electrons. The van der Waals surface area contributed by atoms with Crippen molar-refractivity contribution in [2.45, 2.75) is 44.5 Å². The summed E-state index contributed by atoms with van der Waals surface area (Å²) < 4.78 is 11.2. The Balaban J connectivity index is 1.84. The largest absolute Gasteiger partial charge is 0.394 e. The van der Waals surface area contributed by atoms with Crippen molar-refractivity contribution in [3.63, 3.8) is 0 Å². The van der Waals surface area contributed by atoms with Crippen LogP contribution in [-0.2, 0) is 9.47 Å². The highest BCUT2D eigenvalue weighted by Gasteiger charge is 2.31. The standard InChI is InChI=1S/C10H18O3/c11-7-9-5-6-12-10(13-9)8-3-1-2-4-8/h8-11H,1-7H2. The van der Waals surface area contributed by atoms with Crippen LogP contribution < -0.4 is 0 Å². The van der Waals surface area contributed by atoms with E-state index in [1.54, 1.807) is 0 Å². The van der Waals surface area contributed by atoms with Crippen LogP contribution in [0.15, 0.2) is 0 Å². The van der Waals surface area contributed by atoms with Gasteiger partial charge in [-0.1, -0.05) is 12.8 Å². The lowest BCUT2D eigenvalue weighted by atomic mass is 10.1. The first-order valence-corrected chi connectivity index (χ1v) is 5.28. The molecule has 0 aromatic heterocycles. The van der Waals surface area contributed by atoms with E-state index < -0.39 is 0 Å². The first-order valence-electron chi connectivity index (χ1n) is 5.28. The maximum Gasteiger partial charge on any atom is 0.160 e. The van der Waals surface area contributed by atoms with Gasteiger partial charge in [0.1, 0.15) is 0 Å². The van der Waals surface area contributed by atoms with Gasteiger partial charge in [-0.2, -0.15) is 0 Å². The van der Waals surface area contributed by atoms with E-state index in [9.17, 15) is 0 Å². The van der Waals surface area contributed by atoms with Crippen molar-refractivity contribution in [2.24, 2.45) is 5.92 Å². The van der Waals surface area contributed by atoms with E-state index in [1.807, 2.05) is 0 Å². The van der Waals surface area contributed by atoms with Gasteiger partial charge < -0.3 is 14.6 Å². The summed E-state index contributed by atoms with van der Waals surface area (Å²) in [5.74, 6) is 0.578. The summed E-state index contributed by atoms with van der Waals surface area (Å²) in [6.07, 6.45) is 5.87. The minimum atomic E-state index is -0.0339. The molecule has 1 heterocycles. The molecule has 2 unspecified atom stereocenters. The van der Waals surface area contributed by atoms with Crippen LogP contribution in [0, 0.1) is 5.92 Å². The van der Waals surface area contributed by atoms with Crippen LogP contribution in [-0.4, -0.2) is 30.7 Å². The molecule has 0 amide bonds. The van der Waals surface area contributed by atoms with Crippen molar-refractivity contribution in [1.29, 1.82) is 0 Å². The molecule has 3 nitrogen and oxygen atoms in total. The quantitative estimate of drug-likeness (QED) is 0.706. The molecule has 1 aliphatic carbocycles. The van der Waals surface area contributed by atoms with Crippen LogP contribution >= 0.6 is 0 Å². The first kappa shape index (κ1) is 9.44. The van der Waals surface area contributed by atoms with Gasteiger partial charge in [-0.25, -0.2) is 0 Å². The smallest absolute Gasteiger partial charge is 0.160 e. The molecule has 2 aliphatic rings. The summed E-state index contributed by atoms with van der Waals surface area (Å²) >= 11 is 0. The summed E-state index contributed by atoms with van der Waals surface area (Å²) in [6.45, 7) is 0.874. The highest BCUT2D eigenvalue weighted by atomic mass is 16.7. The lowest BCUT2D eigenvalue weighted by Crippen LogP contribution is -2.38. The number of hydrogen-bond donors (Lipinski definition) is 1. The van der Waals surface area contributed by atoms with Crippen molar-refractivity contribution in [2.75, 3.05) is 13.2 Å². The normalized spacial score (nSPS) is 36.7. The van der Waals surface area contributed by atoms with Crippen LogP contribution in [0.25, 0.3) is 0 Å². The van der Waals surface area contributed by atoms with Gasteiger partial charge in [0.15, 0.2) is 6.29 Å². The van der Waals surface area contributed by atoms with Crippen LogP contribution in [0.1, 0.15) is 32.1 Å². The Morgan fingerprint density at radius 1 is 1.15 bits per heavy atom. The molecule has 1 aliphatic heterocycles. The second kappa shape index (κ2) is 4.40. The molecule has 2 rings (SSSR count). The summed E-state index contributed by atoms with van der Waals surface area (Å²) in [5.41, 5.74) is 0. The third kappa shape index (κ3) is 2.22. The second-order valence-electron chi connectivity index (χ2n) is 4.01. The molecule has 1 N–H and O–H groups in total. The molecule has 0 radical (unpaired) electrons. The second-order valence-corrected chi connectivity index (χ2v) is 4.01. The van der Waals surface area contributed by atoms with Crippen molar-refractivity contribution >= 4 is 0 Å². The Hall–Kier alpha value is -0.120. The molecule has 0 bridgehead atoms. The van der Waals surface area contributed by atoms with Gasteiger partial charge in [0.05, 0.1) is 19.3 Å². The van der Waals surface area contributed by atoms with E-state index in [0.717, 1.165) is 13.0 Å². The molecule has 2 fully saturated rings. The predicted octanol–water partition coefficient (Wildman–Crippen LogP) is 1.30. The zero-order valence-corrected chi connectivity index (χ0v) is 7.95. The summed E-state index contributed by atoms with van der Waals surface area (Å²) in [4.78, 5) is 0. The fourth-order valence-corrected chi connectivity index (χ4v) is 2.22. The van der Waals surface area contributed by atoms with E-state index in [2.05, 4.69) is 0 Å². The van der Waals surface area contributed by atoms with Crippen LogP contribution in [0.5, 0.6) is 0 Å². The molecule has 13 heavy (non-hydrogen) atoms. The Morgan fingerprint density at radius 3 is 2.62 bits per heavy atom. The van der Waals surface area contributed by atoms with E-state index in [1.165, 1.54) is 25.7 Å². The molecule has 1 saturated heterocycles. The van der Waals surface area contributed by atoms with Crippen LogP contribution in [0.2, 0.25) is 0 Å². The van der Waals surface area contributed by atoms with Gasteiger partial charge in [0, 0.05) is 5.92 Å². The minimum Gasteiger partial charge on any atom is -0.394 e. The number of rotatable bonds is 2. The predicted molar refractivity (Wildman–Crippen MR) is 48.3 cm³/mol.